The number of aliphatic hydroxyl groups is 1. The van der Waals surface area contributed by atoms with Gasteiger partial charge in [-0.05, 0) is 27.7 Å². The molecule has 0 spiro atoms. The van der Waals surface area contributed by atoms with Gasteiger partial charge in [0.2, 0.25) is 5.91 Å². The van der Waals surface area contributed by atoms with E-state index in [1.807, 2.05) is 20.8 Å². The van der Waals surface area contributed by atoms with Crippen LogP contribution >= 0.6 is 0 Å². The van der Waals surface area contributed by atoms with Gasteiger partial charge in [0.05, 0.1) is 6.10 Å². The normalized spacial score (nSPS) is 15.1. The van der Waals surface area contributed by atoms with Crippen LogP contribution in [0.5, 0.6) is 0 Å². The van der Waals surface area contributed by atoms with Crippen LogP contribution in [0.3, 0.4) is 0 Å². The van der Waals surface area contributed by atoms with Gasteiger partial charge < -0.3 is 20.8 Å². The number of carbonyl (C=O) groups is 2. The first-order chi connectivity index (χ1) is 7.63. The van der Waals surface area contributed by atoms with Gasteiger partial charge >= 0.3 is 5.97 Å². The van der Waals surface area contributed by atoms with E-state index in [1.165, 1.54) is 6.92 Å². The van der Waals surface area contributed by atoms with Crippen molar-refractivity contribution in [2.24, 2.45) is 0 Å². The highest BCUT2D eigenvalue weighted by Gasteiger charge is 2.24. The Bertz CT molecular complexity index is 271. The number of aliphatic hydroxyl groups excluding tert-OH is 1. The number of carbonyl (C=O) groups excluding carboxylic acids is 1. The first-order valence-corrected chi connectivity index (χ1v) is 5.59. The third-order valence-electron chi connectivity index (χ3n) is 2.07. The molecule has 0 fully saturated rings. The van der Waals surface area contributed by atoms with Crippen LogP contribution in [0, 0.1) is 0 Å². The molecular formula is C11H22N2O4. The van der Waals surface area contributed by atoms with Crippen molar-refractivity contribution >= 4 is 11.9 Å². The van der Waals surface area contributed by atoms with E-state index in [-0.39, 0.29) is 12.0 Å². The molecule has 0 heterocycles. The molecule has 0 aliphatic heterocycles. The monoisotopic (exact) mass is 246 g/mol. The molecule has 6 heteroatoms. The first-order valence-electron chi connectivity index (χ1n) is 5.59. The van der Waals surface area contributed by atoms with Gasteiger partial charge in [0.1, 0.15) is 0 Å². The quantitative estimate of drug-likeness (QED) is 0.516. The summed E-state index contributed by atoms with van der Waals surface area (Å²) in [6.45, 7) is 7.70. The number of hydrogen-bond donors (Lipinski definition) is 4. The minimum atomic E-state index is -1.25. The topological polar surface area (TPSA) is 98.7 Å². The second-order valence-electron chi connectivity index (χ2n) is 5.05. The molecule has 0 saturated carbocycles. The second-order valence-corrected chi connectivity index (χ2v) is 5.05. The van der Waals surface area contributed by atoms with Crippen molar-refractivity contribution in [3.63, 3.8) is 0 Å². The maximum absolute atomic E-state index is 11.4. The van der Waals surface area contributed by atoms with Crippen LogP contribution in [0.2, 0.25) is 0 Å². The Morgan fingerprint density at radius 2 is 1.82 bits per heavy atom. The van der Waals surface area contributed by atoms with E-state index in [0.29, 0.717) is 6.54 Å². The summed E-state index contributed by atoms with van der Waals surface area (Å²) in [5.74, 6) is -1.63. The number of carboxylic acid groups (broad SMARTS) is 1. The fraction of sp³-hybridized carbons (Fsp3) is 0.818. The summed E-state index contributed by atoms with van der Waals surface area (Å²) in [5, 5.41) is 23.3. The SMILES string of the molecule is C[C@@H](O)[C@H](NC(=O)CCNC(C)(C)C)C(=O)O. The summed E-state index contributed by atoms with van der Waals surface area (Å²) >= 11 is 0. The van der Waals surface area contributed by atoms with Crippen LogP contribution in [0.4, 0.5) is 0 Å². The molecule has 6 nitrogen and oxygen atoms in total. The fourth-order valence-corrected chi connectivity index (χ4v) is 1.19. The third-order valence-corrected chi connectivity index (χ3v) is 2.07. The summed E-state index contributed by atoms with van der Waals surface area (Å²) < 4.78 is 0. The van der Waals surface area contributed by atoms with Crippen LogP contribution in [0.25, 0.3) is 0 Å². The van der Waals surface area contributed by atoms with Crippen molar-refractivity contribution in [2.45, 2.75) is 51.8 Å². The molecule has 0 bridgehead atoms. The highest BCUT2D eigenvalue weighted by molar-refractivity contribution is 5.84. The van der Waals surface area contributed by atoms with Crippen LogP contribution in [-0.4, -0.2) is 46.3 Å². The lowest BCUT2D eigenvalue weighted by Gasteiger charge is -2.21. The summed E-state index contributed by atoms with van der Waals surface area (Å²) in [5.41, 5.74) is -0.0866. The van der Waals surface area contributed by atoms with Crippen LogP contribution in [0.15, 0.2) is 0 Å². The zero-order valence-corrected chi connectivity index (χ0v) is 10.8. The zero-order chi connectivity index (χ0) is 13.6. The summed E-state index contributed by atoms with van der Waals surface area (Å²) in [6.07, 6.45) is -0.944. The molecule has 0 saturated heterocycles. The van der Waals surface area contributed by atoms with Crippen LogP contribution in [0.1, 0.15) is 34.1 Å². The third kappa shape index (κ3) is 7.70. The summed E-state index contributed by atoms with van der Waals surface area (Å²) in [6, 6.07) is -1.25. The van der Waals surface area contributed by atoms with Crippen molar-refractivity contribution < 1.29 is 19.8 Å². The van der Waals surface area contributed by atoms with E-state index < -0.39 is 24.0 Å². The predicted octanol–water partition coefficient (Wildman–Crippen LogP) is -0.285. The number of aliphatic carboxylic acids is 1. The average molecular weight is 246 g/mol. The van der Waals surface area contributed by atoms with E-state index in [0.717, 1.165) is 0 Å². The van der Waals surface area contributed by atoms with E-state index in [2.05, 4.69) is 10.6 Å². The second kappa shape index (κ2) is 6.56. The van der Waals surface area contributed by atoms with E-state index in [1.54, 1.807) is 0 Å². The Kier molecular flexibility index (Phi) is 6.12. The highest BCUT2D eigenvalue weighted by atomic mass is 16.4. The maximum atomic E-state index is 11.4. The van der Waals surface area contributed by atoms with Crippen molar-refractivity contribution in [3.8, 4) is 0 Å². The minimum absolute atomic E-state index is 0.0866. The van der Waals surface area contributed by atoms with Crippen molar-refractivity contribution in [1.29, 1.82) is 0 Å². The van der Waals surface area contributed by atoms with Crippen LogP contribution < -0.4 is 10.6 Å². The Morgan fingerprint density at radius 1 is 1.29 bits per heavy atom. The van der Waals surface area contributed by atoms with Crippen LogP contribution in [-0.2, 0) is 9.59 Å². The highest BCUT2D eigenvalue weighted by Crippen LogP contribution is 1.98. The van der Waals surface area contributed by atoms with E-state index >= 15 is 0 Å². The first kappa shape index (κ1) is 15.9. The summed E-state index contributed by atoms with van der Waals surface area (Å²) in [7, 11) is 0. The Hall–Kier alpha value is -1.14. The molecule has 100 valence electrons. The molecule has 0 aromatic rings. The fourth-order valence-electron chi connectivity index (χ4n) is 1.19. The molecule has 0 aromatic heterocycles. The Morgan fingerprint density at radius 3 is 2.18 bits per heavy atom. The largest absolute Gasteiger partial charge is 0.480 e. The molecule has 17 heavy (non-hydrogen) atoms. The van der Waals surface area contributed by atoms with Gasteiger partial charge in [-0.25, -0.2) is 4.79 Å². The Labute approximate surface area is 101 Å². The molecule has 1 amide bonds. The van der Waals surface area contributed by atoms with Gasteiger partial charge in [-0.3, -0.25) is 4.79 Å². The zero-order valence-electron chi connectivity index (χ0n) is 10.8. The maximum Gasteiger partial charge on any atom is 0.328 e. The lowest BCUT2D eigenvalue weighted by Crippen LogP contribution is -2.48. The van der Waals surface area contributed by atoms with Gasteiger partial charge in [-0.1, -0.05) is 0 Å². The number of amides is 1. The molecule has 0 rings (SSSR count). The molecule has 2 atom stereocenters. The van der Waals surface area contributed by atoms with Crippen molar-refractivity contribution in [2.75, 3.05) is 6.54 Å². The van der Waals surface area contributed by atoms with Gasteiger partial charge in [-0.15, -0.1) is 0 Å². The molecule has 0 aromatic carbocycles. The van der Waals surface area contributed by atoms with Gasteiger partial charge in [-0.2, -0.15) is 0 Å². The lowest BCUT2D eigenvalue weighted by atomic mass is 10.1. The Balaban J connectivity index is 4.04. The molecule has 0 radical (unpaired) electrons. The molecule has 4 N–H and O–H groups in total. The number of hydrogen-bond acceptors (Lipinski definition) is 4. The minimum Gasteiger partial charge on any atom is -0.480 e. The standard InChI is InChI=1S/C11H22N2O4/c1-7(14)9(10(16)17)13-8(15)5-6-12-11(2,3)4/h7,9,12,14H,5-6H2,1-4H3,(H,13,15)(H,16,17)/t7-,9+/m1/s1. The van der Waals surface area contributed by atoms with E-state index in [4.69, 9.17) is 5.11 Å². The van der Waals surface area contributed by atoms with Crippen molar-refractivity contribution in [3.05, 3.63) is 0 Å². The van der Waals surface area contributed by atoms with E-state index in [9.17, 15) is 14.7 Å². The van der Waals surface area contributed by atoms with Gasteiger partial charge in [0, 0.05) is 18.5 Å². The van der Waals surface area contributed by atoms with Gasteiger partial charge in [0.25, 0.3) is 0 Å². The predicted molar refractivity (Wildman–Crippen MR) is 63.6 cm³/mol. The number of rotatable bonds is 6. The molecular weight excluding hydrogens is 224 g/mol. The smallest absolute Gasteiger partial charge is 0.328 e. The summed E-state index contributed by atoms with van der Waals surface area (Å²) in [4.78, 5) is 22.1. The average Bonchev–Trinajstić information content (AvgIpc) is 2.10. The number of nitrogens with one attached hydrogen (secondary N) is 2. The number of carboxylic acids is 1. The molecule has 0 aliphatic rings. The van der Waals surface area contributed by atoms with Gasteiger partial charge in [0.15, 0.2) is 6.04 Å². The molecule has 0 aliphatic carbocycles. The van der Waals surface area contributed by atoms with Crippen molar-refractivity contribution in [1.82, 2.24) is 10.6 Å². The molecule has 0 unspecified atom stereocenters. The lowest BCUT2D eigenvalue weighted by molar-refractivity contribution is -0.144.